The Morgan fingerprint density at radius 2 is 2.00 bits per heavy atom. The van der Waals surface area contributed by atoms with Crippen LogP contribution in [0, 0.1) is 11.3 Å². The largest absolute Gasteiger partial charge is 0.394 e. The van der Waals surface area contributed by atoms with Crippen molar-refractivity contribution in [1.82, 2.24) is 5.32 Å². The Morgan fingerprint density at radius 1 is 1.42 bits per heavy atom. The van der Waals surface area contributed by atoms with Crippen molar-refractivity contribution in [3.05, 3.63) is 0 Å². The van der Waals surface area contributed by atoms with Gasteiger partial charge in [0.05, 0.1) is 12.7 Å². The molecule has 70 valence electrons. The van der Waals surface area contributed by atoms with Gasteiger partial charge in [0.25, 0.3) is 0 Å². The molecule has 3 nitrogen and oxygen atoms in total. The molecule has 0 heterocycles. The molecule has 0 radical (unpaired) electrons. The van der Waals surface area contributed by atoms with E-state index in [1.807, 2.05) is 13.8 Å². The second-order valence-electron chi connectivity index (χ2n) is 2.98. The highest BCUT2D eigenvalue weighted by atomic mass is 16.3. The first-order valence-electron chi connectivity index (χ1n) is 4.47. The van der Waals surface area contributed by atoms with Crippen LogP contribution in [0.5, 0.6) is 0 Å². The molecule has 0 saturated carbocycles. The first-order chi connectivity index (χ1) is 5.74. The van der Waals surface area contributed by atoms with Crippen LogP contribution >= 0.6 is 0 Å². The maximum Gasteiger partial charge on any atom is 0.0635 e. The highest BCUT2D eigenvalue weighted by Gasteiger charge is 2.23. The molecule has 0 atom stereocenters. The zero-order chi connectivity index (χ0) is 9.45. The standard InChI is InChI=1S/C9H18N2O/c1-3-9(4-2,8-12)11-7-5-6-10/h11-12H,3-5,7-8H2,1-2H3. The van der Waals surface area contributed by atoms with Crippen molar-refractivity contribution in [2.75, 3.05) is 13.2 Å². The number of aliphatic hydroxyl groups excluding tert-OH is 1. The van der Waals surface area contributed by atoms with E-state index in [0.717, 1.165) is 12.8 Å². The molecular formula is C9H18N2O. The Labute approximate surface area is 74.4 Å². The minimum absolute atomic E-state index is 0.144. The first kappa shape index (κ1) is 11.4. The quantitative estimate of drug-likeness (QED) is 0.586. The number of aliphatic hydroxyl groups is 1. The summed E-state index contributed by atoms with van der Waals surface area (Å²) in [4.78, 5) is 0. The van der Waals surface area contributed by atoms with Crippen molar-refractivity contribution in [3.63, 3.8) is 0 Å². The minimum atomic E-state index is -0.170. The summed E-state index contributed by atoms with van der Waals surface area (Å²) in [6.07, 6.45) is 2.29. The van der Waals surface area contributed by atoms with Crippen LogP contribution in [0.15, 0.2) is 0 Å². The lowest BCUT2D eigenvalue weighted by Crippen LogP contribution is -2.47. The van der Waals surface area contributed by atoms with E-state index in [2.05, 4.69) is 11.4 Å². The van der Waals surface area contributed by atoms with Gasteiger partial charge in [-0.2, -0.15) is 5.26 Å². The van der Waals surface area contributed by atoms with Crippen LogP contribution in [0.4, 0.5) is 0 Å². The number of nitrogens with one attached hydrogen (secondary N) is 1. The molecule has 0 aromatic carbocycles. The lowest BCUT2D eigenvalue weighted by atomic mass is 9.94. The molecular weight excluding hydrogens is 152 g/mol. The Morgan fingerprint density at radius 3 is 2.33 bits per heavy atom. The molecule has 0 saturated heterocycles. The number of nitriles is 1. The third-order valence-corrected chi connectivity index (χ3v) is 2.39. The zero-order valence-corrected chi connectivity index (χ0v) is 7.93. The maximum absolute atomic E-state index is 9.13. The first-order valence-corrected chi connectivity index (χ1v) is 4.47. The van der Waals surface area contributed by atoms with Gasteiger partial charge >= 0.3 is 0 Å². The van der Waals surface area contributed by atoms with Crippen molar-refractivity contribution in [3.8, 4) is 6.07 Å². The van der Waals surface area contributed by atoms with E-state index in [4.69, 9.17) is 10.4 Å². The van der Waals surface area contributed by atoms with Gasteiger partial charge in [0.15, 0.2) is 0 Å². The summed E-state index contributed by atoms with van der Waals surface area (Å²) in [5.74, 6) is 0. The van der Waals surface area contributed by atoms with Crippen molar-refractivity contribution in [2.45, 2.75) is 38.6 Å². The van der Waals surface area contributed by atoms with Gasteiger partial charge in [-0.15, -0.1) is 0 Å². The van der Waals surface area contributed by atoms with E-state index >= 15 is 0 Å². The van der Waals surface area contributed by atoms with E-state index in [9.17, 15) is 0 Å². The predicted octanol–water partition coefficient (Wildman–Crippen LogP) is 1.04. The number of nitrogens with zero attached hydrogens (tertiary/aromatic N) is 1. The second kappa shape index (κ2) is 5.99. The predicted molar refractivity (Wildman–Crippen MR) is 48.6 cm³/mol. The fraction of sp³-hybridized carbons (Fsp3) is 0.889. The van der Waals surface area contributed by atoms with E-state index < -0.39 is 0 Å². The summed E-state index contributed by atoms with van der Waals surface area (Å²) in [6, 6.07) is 2.07. The average Bonchev–Trinajstić information content (AvgIpc) is 2.14. The minimum Gasteiger partial charge on any atom is -0.394 e. The molecule has 0 bridgehead atoms. The highest BCUT2D eigenvalue weighted by Crippen LogP contribution is 2.13. The van der Waals surface area contributed by atoms with Gasteiger partial charge in [0.2, 0.25) is 0 Å². The molecule has 0 aliphatic heterocycles. The molecule has 0 rings (SSSR count). The fourth-order valence-electron chi connectivity index (χ4n) is 1.16. The number of rotatable bonds is 6. The second-order valence-corrected chi connectivity index (χ2v) is 2.98. The Bertz CT molecular complexity index is 139. The lowest BCUT2D eigenvalue weighted by molar-refractivity contribution is 0.152. The van der Waals surface area contributed by atoms with Crippen molar-refractivity contribution in [1.29, 1.82) is 5.26 Å². The van der Waals surface area contributed by atoms with Crippen LogP contribution in [0.25, 0.3) is 0 Å². The van der Waals surface area contributed by atoms with Gasteiger partial charge in [-0.3, -0.25) is 0 Å². The van der Waals surface area contributed by atoms with E-state index in [1.165, 1.54) is 0 Å². The Hall–Kier alpha value is -0.590. The molecule has 0 aromatic rings. The van der Waals surface area contributed by atoms with E-state index in [1.54, 1.807) is 0 Å². The SMILES string of the molecule is CCC(CC)(CO)NCCC#N. The molecule has 3 heteroatoms. The molecule has 0 fully saturated rings. The van der Waals surface area contributed by atoms with Crippen molar-refractivity contribution >= 4 is 0 Å². The van der Waals surface area contributed by atoms with E-state index in [-0.39, 0.29) is 12.1 Å². The summed E-state index contributed by atoms with van der Waals surface area (Å²) in [6.45, 7) is 4.89. The molecule has 0 aliphatic rings. The normalized spacial score (nSPS) is 11.2. The number of hydrogen-bond acceptors (Lipinski definition) is 3. The van der Waals surface area contributed by atoms with Gasteiger partial charge < -0.3 is 10.4 Å². The van der Waals surface area contributed by atoms with Gasteiger partial charge in [-0.25, -0.2) is 0 Å². The van der Waals surface area contributed by atoms with Crippen LogP contribution in [0.3, 0.4) is 0 Å². The summed E-state index contributed by atoms with van der Waals surface area (Å²) >= 11 is 0. The molecule has 2 N–H and O–H groups in total. The van der Waals surface area contributed by atoms with Crippen LogP contribution in [0.1, 0.15) is 33.1 Å². The average molecular weight is 170 g/mol. The molecule has 0 aliphatic carbocycles. The topological polar surface area (TPSA) is 56.0 Å². The van der Waals surface area contributed by atoms with Crippen LogP contribution in [0.2, 0.25) is 0 Å². The summed E-state index contributed by atoms with van der Waals surface area (Å²) in [7, 11) is 0. The van der Waals surface area contributed by atoms with Gasteiger partial charge in [-0.1, -0.05) is 13.8 Å². The lowest BCUT2D eigenvalue weighted by Gasteiger charge is -2.30. The molecule has 12 heavy (non-hydrogen) atoms. The van der Waals surface area contributed by atoms with Gasteiger partial charge in [0, 0.05) is 18.5 Å². The zero-order valence-electron chi connectivity index (χ0n) is 7.93. The highest BCUT2D eigenvalue weighted by molar-refractivity contribution is 4.85. The molecule has 0 unspecified atom stereocenters. The van der Waals surface area contributed by atoms with Crippen molar-refractivity contribution in [2.24, 2.45) is 0 Å². The maximum atomic E-state index is 9.13. The monoisotopic (exact) mass is 170 g/mol. The van der Waals surface area contributed by atoms with Crippen LogP contribution in [-0.2, 0) is 0 Å². The van der Waals surface area contributed by atoms with Gasteiger partial charge in [0.1, 0.15) is 0 Å². The molecule has 0 amide bonds. The van der Waals surface area contributed by atoms with E-state index in [0.29, 0.717) is 13.0 Å². The Balaban J connectivity index is 3.86. The van der Waals surface area contributed by atoms with Crippen LogP contribution < -0.4 is 5.32 Å². The van der Waals surface area contributed by atoms with Crippen LogP contribution in [-0.4, -0.2) is 23.8 Å². The third kappa shape index (κ3) is 3.21. The summed E-state index contributed by atoms with van der Waals surface area (Å²) < 4.78 is 0. The molecule has 0 aromatic heterocycles. The summed E-state index contributed by atoms with van der Waals surface area (Å²) in [5.41, 5.74) is -0.170. The summed E-state index contributed by atoms with van der Waals surface area (Å²) in [5, 5.41) is 20.7. The van der Waals surface area contributed by atoms with Crippen molar-refractivity contribution < 1.29 is 5.11 Å². The smallest absolute Gasteiger partial charge is 0.0635 e. The van der Waals surface area contributed by atoms with Gasteiger partial charge in [-0.05, 0) is 12.8 Å². The third-order valence-electron chi connectivity index (χ3n) is 2.39. The molecule has 0 spiro atoms. The number of hydrogen-bond donors (Lipinski definition) is 2. The fourth-order valence-corrected chi connectivity index (χ4v) is 1.16. The Kier molecular flexibility index (Phi) is 5.69.